The molecule has 1 aliphatic heterocycles. The van der Waals surface area contributed by atoms with E-state index in [1.807, 2.05) is 16.8 Å². The molecule has 24 heavy (non-hydrogen) atoms. The molecule has 3 rings (SSSR count). The lowest BCUT2D eigenvalue weighted by Gasteiger charge is -2.35. The summed E-state index contributed by atoms with van der Waals surface area (Å²) in [5.74, 6) is -0.140. The summed E-state index contributed by atoms with van der Waals surface area (Å²) in [4.78, 5) is 18.4. The number of nitrogens with one attached hydrogen (secondary N) is 1. The fourth-order valence-electron chi connectivity index (χ4n) is 3.43. The molecular weight excluding hydrogens is 308 g/mol. The number of imidazole rings is 1. The molecule has 0 radical (unpaired) electrons. The van der Waals surface area contributed by atoms with Crippen molar-refractivity contribution in [3.05, 3.63) is 30.9 Å². The van der Waals surface area contributed by atoms with Gasteiger partial charge in [0.2, 0.25) is 5.91 Å². The molecule has 3 atom stereocenters. The van der Waals surface area contributed by atoms with Gasteiger partial charge in [0.25, 0.3) is 0 Å². The highest BCUT2D eigenvalue weighted by atomic mass is 16.5. The van der Waals surface area contributed by atoms with Crippen LogP contribution in [0.4, 0.5) is 0 Å². The van der Waals surface area contributed by atoms with Gasteiger partial charge in [-0.3, -0.25) is 9.69 Å². The summed E-state index contributed by atoms with van der Waals surface area (Å²) in [6.45, 7) is 4.06. The number of morpholine rings is 1. The highest BCUT2D eigenvalue weighted by Gasteiger charge is 2.33. The molecule has 1 amide bonds. The third-order valence-corrected chi connectivity index (χ3v) is 4.79. The average molecular weight is 334 g/mol. The Morgan fingerprint density at radius 1 is 1.38 bits per heavy atom. The van der Waals surface area contributed by atoms with E-state index < -0.39 is 6.10 Å². The molecule has 1 saturated carbocycles. The van der Waals surface area contributed by atoms with Crippen LogP contribution < -0.4 is 5.32 Å². The van der Waals surface area contributed by atoms with E-state index in [9.17, 15) is 9.90 Å². The summed E-state index contributed by atoms with van der Waals surface area (Å²) < 4.78 is 7.23. The Bertz CT molecular complexity index is 540. The van der Waals surface area contributed by atoms with E-state index >= 15 is 0 Å². The molecule has 1 saturated heterocycles. The molecule has 2 N–H and O–H groups in total. The van der Waals surface area contributed by atoms with Crippen LogP contribution in [-0.2, 0) is 9.53 Å². The van der Waals surface area contributed by atoms with E-state index in [0.717, 1.165) is 52.1 Å². The number of amides is 1. The Labute approximate surface area is 142 Å². The van der Waals surface area contributed by atoms with Gasteiger partial charge in [0.1, 0.15) is 0 Å². The maximum atomic E-state index is 12.1. The highest BCUT2D eigenvalue weighted by Crippen LogP contribution is 2.28. The Morgan fingerprint density at radius 3 is 2.96 bits per heavy atom. The molecule has 2 fully saturated rings. The number of aliphatic hydroxyl groups excluding tert-OH is 1. The standard InChI is InChI=1S/C17H26N4O3/c22-16(5-2-7-20-9-11-24-12-10-20)19-14-3-1-4-15(17(14)23)21-8-6-18-13-21/h2,5-6,8,13-15,17,23H,1,3-4,7,9-12H2,(H,19,22)/b5-2+/t14-,15-,17-/m1/s1. The third kappa shape index (κ3) is 4.43. The number of aromatic nitrogens is 2. The van der Waals surface area contributed by atoms with E-state index in [4.69, 9.17) is 4.74 Å². The SMILES string of the molecule is O=C(/C=C/CN1CCOCC1)N[C@@H]1CCC[C@@H](n2ccnc2)[C@@H]1O. The Balaban J connectivity index is 1.48. The summed E-state index contributed by atoms with van der Waals surface area (Å²) in [5.41, 5.74) is 0. The van der Waals surface area contributed by atoms with Crippen molar-refractivity contribution >= 4 is 5.91 Å². The van der Waals surface area contributed by atoms with Crippen LogP contribution in [0.2, 0.25) is 0 Å². The fourth-order valence-corrected chi connectivity index (χ4v) is 3.43. The highest BCUT2D eigenvalue weighted by molar-refractivity contribution is 5.87. The van der Waals surface area contributed by atoms with Gasteiger partial charge in [-0.05, 0) is 19.3 Å². The van der Waals surface area contributed by atoms with Crippen LogP contribution >= 0.6 is 0 Å². The lowest BCUT2D eigenvalue weighted by atomic mass is 9.88. The second-order valence-electron chi connectivity index (χ2n) is 6.43. The zero-order valence-corrected chi connectivity index (χ0v) is 13.9. The molecule has 0 aromatic carbocycles. The van der Waals surface area contributed by atoms with Crippen LogP contribution in [0.5, 0.6) is 0 Å². The van der Waals surface area contributed by atoms with Crippen LogP contribution in [0.25, 0.3) is 0 Å². The predicted molar refractivity (Wildman–Crippen MR) is 89.5 cm³/mol. The summed E-state index contributed by atoms with van der Waals surface area (Å²) in [5, 5.41) is 13.5. The number of nitrogens with zero attached hydrogens (tertiary/aromatic N) is 3. The predicted octanol–water partition coefficient (Wildman–Crippen LogP) is 0.342. The monoisotopic (exact) mass is 334 g/mol. The number of hydrogen-bond donors (Lipinski definition) is 2. The molecule has 132 valence electrons. The zero-order valence-electron chi connectivity index (χ0n) is 13.9. The normalized spacial score (nSPS) is 29.0. The van der Waals surface area contributed by atoms with Crippen molar-refractivity contribution < 1.29 is 14.6 Å². The van der Waals surface area contributed by atoms with Gasteiger partial charge in [0.05, 0.1) is 37.7 Å². The van der Waals surface area contributed by atoms with Crippen LogP contribution in [0.15, 0.2) is 30.9 Å². The topological polar surface area (TPSA) is 79.6 Å². The number of hydrogen-bond acceptors (Lipinski definition) is 5. The molecule has 2 aliphatic rings. The minimum absolute atomic E-state index is 0.0242. The quantitative estimate of drug-likeness (QED) is 0.759. The van der Waals surface area contributed by atoms with Crippen LogP contribution in [0.3, 0.4) is 0 Å². The van der Waals surface area contributed by atoms with Crippen LogP contribution in [0.1, 0.15) is 25.3 Å². The van der Waals surface area contributed by atoms with Crippen LogP contribution in [-0.4, -0.2) is 70.5 Å². The van der Waals surface area contributed by atoms with E-state index in [1.165, 1.54) is 0 Å². The minimum atomic E-state index is -0.593. The molecule has 7 heteroatoms. The van der Waals surface area contributed by atoms with Gasteiger partial charge >= 0.3 is 0 Å². The van der Waals surface area contributed by atoms with Crippen molar-refractivity contribution in [2.75, 3.05) is 32.8 Å². The Morgan fingerprint density at radius 2 is 2.21 bits per heavy atom. The van der Waals surface area contributed by atoms with Gasteiger partial charge in [0, 0.05) is 38.1 Å². The molecule has 1 aromatic heterocycles. The number of rotatable bonds is 5. The average Bonchev–Trinajstić information content (AvgIpc) is 3.12. The van der Waals surface area contributed by atoms with E-state index in [2.05, 4.69) is 15.2 Å². The van der Waals surface area contributed by atoms with Gasteiger partial charge in [-0.15, -0.1) is 0 Å². The summed E-state index contributed by atoms with van der Waals surface area (Å²) in [6.07, 6.45) is 10.8. The summed E-state index contributed by atoms with van der Waals surface area (Å²) in [7, 11) is 0. The Kier molecular flexibility index (Phi) is 6.01. The minimum Gasteiger partial charge on any atom is -0.389 e. The smallest absolute Gasteiger partial charge is 0.244 e. The first-order valence-electron chi connectivity index (χ1n) is 8.66. The van der Waals surface area contributed by atoms with Crippen molar-refractivity contribution in [1.82, 2.24) is 19.8 Å². The fraction of sp³-hybridized carbons (Fsp3) is 0.647. The third-order valence-electron chi connectivity index (χ3n) is 4.79. The first-order valence-corrected chi connectivity index (χ1v) is 8.66. The molecule has 0 spiro atoms. The molecule has 0 unspecified atom stereocenters. The van der Waals surface area contributed by atoms with Gasteiger partial charge in [0.15, 0.2) is 0 Å². The van der Waals surface area contributed by atoms with Crippen molar-refractivity contribution in [3.8, 4) is 0 Å². The van der Waals surface area contributed by atoms with Gasteiger partial charge in [-0.25, -0.2) is 4.98 Å². The number of carbonyl (C=O) groups is 1. The molecule has 0 bridgehead atoms. The van der Waals surface area contributed by atoms with Crippen molar-refractivity contribution in [1.29, 1.82) is 0 Å². The maximum absolute atomic E-state index is 12.1. The maximum Gasteiger partial charge on any atom is 0.244 e. The molecule has 7 nitrogen and oxygen atoms in total. The van der Waals surface area contributed by atoms with Crippen molar-refractivity contribution in [3.63, 3.8) is 0 Å². The van der Waals surface area contributed by atoms with E-state index in [1.54, 1.807) is 18.6 Å². The number of ether oxygens (including phenoxy) is 1. The molecule has 1 aliphatic carbocycles. The van der Waals surface area contributed by atoms with Gasteiger partial charge in [-0.2, -0.15) is 0 Å². The van der Waals surface area contributed by atoms with Gasteiger partial charge in [-0.1, -0.05) is 6.08 Å². The second-order valence-corrected chi connectivity index (χ2v) is 6.43. The Hall–Kier alpha value is -1.70. The summed E-state index contributed by atoms with van der Waals surface area (Å²) in [6, 6.07) is -0.240. The summed E-state index contributed by atoms with van der Waals surface area (Å²) >= 11 is 0. The molecule has 2 heterocycles. The largest absolute Gasteiger partial charge is 0.389 e. The lowest BCUT2D eigenvalue weighted by molar-refractivity contribution is -0.118. The first kappa shape index (κ1) is 17.1. The zero-order chi connectivity index (χ0) is 16.8. The van der Waals surface area contributed by atoms with Crippen molar-refractivity contribution in [2.45, 2.75) is 37.5 Å². The molecule has 1 aromatic rings. The first-order chi connectivity index (χ1) is 11.7. The second kappa shape index (κ2) is 8.41. The van der Waals surface area contributed by atoms with Crippen molar-refractivity contribution in [2.24, 2.45) is 0 Å². The van der Waals surface area contributed by atoms with Crippen LogP contribution in [0, 0.1) is 0 Å². The molecular formula is C17H26N4O3. The van der Waals surface area contributed by atoms with E-state index in [-0.39, 0.29) is 18.0 Å². The van der Waals surface area contributed by atoms with E-state index in [0.29, 0.717) is 0 Å². The van der Waals surface area contributed by atoms with Gasteiger partial charge < -0.3 is 19.7 Å². The number of aliphatic hydroxyl groups is 1. The lowest BCUT2D eigenvalue weighted by Crippen LogP contribution is -2.48. The number of carbonyl (C=O) groups excluding carboxylic acids is 1.